The molecule has 0 fully saturated rings. The third-order valence-electron chi connectivity index (χ3n) is 2.12. The number of ether oxygens (including phenoxy) is 1. The van der Waals surface area contributed by atoms with Gasteiger partial charge in [-0.1, -0.05) is 17.7 Å². The first kappa shape index (κ1) is 14.0. The number of hydrogen-bond acceptors (Lipinski definition) is 3. The molecule has 94 valence electrons. The molecule has 0 aliphatic heterocycles. The van der Waals surface area contributed by atoms with Crippen LogP contribution >= 0.6 is 11.6 Å². The van der Waals surface area contributed by atoms with E-state index in [1.165, 1.54) is 19.3 Å². The van der Waals surface area contributed by atoms with Gasteiger partial charge in [-0.15, -0.1) is 6.58 Å². The molecular formula is C11H14ClNO3S. The van der Waals surface area contributed by atoms with E-state index >= 15 is 0 Å². The summed E-state index contributed by atoms with van der Waals surface area (Å²) >= 11 is 5.85. The molecule has 0 unspecified atom stereocenters. The van der Waals surface area contributed by atoms with Crippen molar-refractivity contribution in [3.63, 3.8) is 0 Å². The molecule has 1 rings (SSSR count). The minimum absolute atomic E-state index is 0.0341. The van der Waals surface area contributed by atoms with Gasteiger partial charge in [0.15, 0.2) is 0 Å². The molecular weight excluding hydrogens is 262 g/mol. The average Bonchev–Trinajstić information content (AvgIpc) is 2.25. The molecule has 1 aromatic carbocycles. The van der Waals surface area contributed by atoms with Gasteiger partial charge in [0.1, 0.15) is 10.6 Å². The van der Waals surface area contributed by atoms with Crippen LogP contribution in [0.4, 0.5) is 0 Å². The van der Waals surface area contributed by atoms with Crippen molar-refractivity contribution in [1.29, 1.82) is 0 Å². The molecule has 0 heterocycles. The molecule has 0 atom stereocenters. The maximum Gasteiger partial charge on any atom is 0.244 e. The molecule has 0 aliphatic carbocycles. The van der Waals surface area contributed by atoms with E-state index < -0.39 is 10.0 Å². The first-order valence-electron chi connectivity index (χ1n) is 4.87. The summed E-state index contributed by atoms with van der Waals surface area (Å²) in [4.78, 5) is 0.0341. The molecule has 0 saturated carbocycles. The lowest BCUT2D eigenvalue weighted by atomic mass is 10.2. The van der Waals surface area contributed by atoms with E-state index in [1.807, 2.05) is 0 Å². The fourth-order valence-electron chi connectivity index (χ4n) is 1.41. The normalized spacial score (nSPS) is 11.2. The average molecular weight is 276 g/mol. The Balaban J connectivity index is 3.34. The van der Waals surface area contributed by atoms with Crippen molar-refractivity contribution in [3.05, 3.63) is 35.4 Å². The smallest absolute Gasteiger partial charge is 0.244 e. The van der Waals surface area contributed by atoms with Crippen LogP contribution in [0.5, 0.6) is 5.75 Å². The maximum absolute atomic E-state index is 12.0. The highest BCUT2D eigenvalue weighted by Gasteiger charge is 2.20. The Morgan fingerprint density at radius 3 is 2.71 bits per heavy atom. The summed E-state index contributed by atoms with van der Waals surface area (Å²) in [5.41, 5.74) is 0.666. The predicted octanol–water partition coefficient (Wildman–Crippen LogP) is 2.12. The summed E-state index contributed by atoms with van der Waals surface area (Å²) in [5, 5.41) is 0.349. The Bertz CT molecular complexity index is 526. The molecule has 0 aromatic heterocycles. The van der Waals surface area contributed by atoms with Gasteiger partial charge in [0.25, 0.3) is 0 Å². The van der Waals surface area contributed by atoms with Gasteiger partial charge in [-0.25, -0.2) is 13.1 Å². The minimum atomic E-state index is -3.64. The Hall–Kier alpha value is -1.04. The number of sulfonamides is 1. The summed E-state index contributed by atoms with van der Waals surface area (Å²) in [7, 11) is -2.22. The van der Waals surface area contributed by atoms with Crippen LogP contribution in [0.1, 0.15) is 5.56 Å². The van der Waals surface area contributed by atoms with E-state index in [4.69, 9.17) is 16.3 Å². The van der Waals surface area contributed by atoms with E-state index in [-0.39, 0.29) is 11.4 Å². The van der Waals surface area contributed by atoms with Gasteiger partial charge in [0, 0.05) is 11.6 Å². The lowest BCUT2D eigenvalue weighted by molar-refractivity contribution is 0.399. The van der Waals surface area contributed by atoms with Crippen molar-refractivity contribution < 1.29 is 13.2 Å². The van der Waals surface area contributed by atoms with Gasteiger partial charge >= 0.3 is 0 Å². The van der Waals surface area contributed by atoms with Crippen LogP contribution < -0.4 is 9.46 Å². The van der Waals surface area contributed by atoms with Crippen LogP contribution in [0.3, 0.4) is 0 Å². The number of methoxy groups -OCH3 is 1. The van der Waals surface area contributed by atoms with E-state index in [2.05, 4.69) is 11.3 Å². The lowest BCUT2D eigenvalue weighted by Crippen LogP contribution is -2.24. The third kappa shape index (κ3) is 3.21. The first-order chi connectivity index (χ1) is 7.92. The van der Waals surface area contributed by atoms with Crippen molar-refractivity contribution in [1.82, 2.24) is 4.72 Å². The topological polar surface area (TPSA) is 55.4 Å². The van der Waals surface area contributed by atoms with Gasteiger partial charge in [-0.05, 0) is 24.6 Å². The van der Waals surface area contributed by atoms with Crippen molar-refractivity contribution in [2.24, 2.45) is 0 Å². The van der Waals surface area contributed by atoms with Crippen LogP contribution in [-0.4, -0.2) is 22.1 Å². The monoisotopic (exact) mass is 275 g/mol. The number of aryl methyl sites for hydroxylation is 1. The third-order valence-corrected chi connectivity index (χ3v) is 3.76. The lowest BCUT2D eigenvalue weighted by Gasteiger charge is -2.12. The number of rotatable bonds is 5. The van der Waals surface area contributed by atoms with E-state index in [1.54, 1.807) is 13.0 Å². The molecule has 6 heteroatoms. The molecule has 0 aliphatic rings. The summed E-state index contributed by atoms with van der Waals surface area (Å²) in [6, 6.07) is 3.01. The van der Waals surface area contributed by atoms with Crippen LogP contribution in [0.15, 0.2) is 29.7 Å². The second kappa shape index (κ2) is 5.53. The quantitative estimate of drug-likeness (QED) is 0.838. The summed E-state index contributed by atoms with van der Waals surface area (Å²) in [6.45, 7) is 5.33. The molecule has 0 amide bonds. The minimum Gasteiger partial charge on any atom is -0.495 e. The van der Waals surface area contributed by atoms with Gasteiger partial charge in [0.05, 0.1) is 7.11 Å². The largest absolute Gasteiger partial charge is 0.495 e. The van der Waals surface area contributed by atoms with E-state index in [9.17, 15) is 8.42 Å². The fraction of sp³-hybridized carbons (Fsp3) is 0.273. The summed E-state index contributed by atoms with van der Waals surface area (Å²) in [5.74, 6) is 0.297. The molecule has 0 saturated heterocycles. The summed E-state index contributed by atoms with van der Waals surface area (Å²) in [6.07, 6.45) is 1.46. The zero-order valence-electron chi connectivity index (χ0n) is 9.66. The second-order valence-corrected chi connectivity index (χ2v) is 5.57. The summed E-state index contributed by atoms with van der Waals surface area (Å²) < 4.78 is 31.4. The van der Waals surface area contributed by atoms with Crippen molar-refractivity contribution in [3.8, 4) is 5.75 Å². The second-order valence-electron chi connectivity index (χ2n) is 3.39. The number of halogens is 1. The fourth-order valence-corrected chi connectivity index (χ4v) is 3.01. The van der Waals surface area contributed by atoms with Crippen LogP contribution in [0, 0.1) is 6.92 Å². The molecule has 0 spiro atoms. The number of benzene rings is 1. The van der Waals surface area contributed by atoms with Crippen LogP contribution in [-0.2, 0) is 10.0 Å². The Morgan fingerprint density at radius 1 is 1.53 bits per heavy atom. The Morgan fingerprint density at radius 2 is 2.18 bits per heavy atom. The zero-order valence-corrected chi connectivity index (χ0v) is 11.2. The van der Waals surface area contributed by atoms with Gasteiger partial charge in [-0.2, -0.15) is 0 Å². The number of hydrogen-bond donors (Lipinski definition) is 1. The molecule has 1 N–H and O–H groups in total. The standard InChI is InChI=1S/C11H14ClNO3S/c1-4-5-13-17(14,15)10-7-9(12)6-8(2)11(10)16-3/h4,6-7,13H,1,5H2,2-3H3. The van der Waals surface area contributed by atoms with E-state index in [0.717, 1.165) is 0 Å². The van der Waals surface area contributed by atoms with Gasteiger partial charge < -0.3 is 4.74 Å². The highest BCUT2D eigenvalue weighted by atomic mass is 35.5. The first-order valence-corrected chi connectivity index (χ1v) is 6.73. The highest BCUT2D eigenvalue weighted by molar-refractivity contribution is 7.89. The van der Waals surface area contributed by atoms with Gasteiger partial charge in [-0.3, -0.25) is 0 Å². The van der Waals surface area contributed by atoms with Crippen LogP contribution in [0.2, 0.25) is 5.02 Å². The van der Waals surface area contributed by atoms with E-state index in [0.29, 0.717) is 16.3 Å². The molecule has 0 radical (unpaired) electrons. The molecule has 1 aromatic rings. The predicted molar refractivity (Wildman–Crippen MR) is 68.1 cm³/mol. The molecule has 17 heavy (non-hydrogen) atoms. The highest BCUT2D eigenvalue weighted by Crippen LogP contribution is 2.30. The SMILES string of the molecule is C=CCNS(=O)(=O)c1cc(Cl)cc(C)c1OC. The van der Waals surface area contributed by atoms with Gasteiger partial charge in [0.2, 0.25) is 10.0 Å². The van der Waals surface area contributed by atoms with Crippen LogP contribution in [0.25, 0.3) is 0 Å². The number of nitrogens with one attached hydrogen (secondary N) is 1. The molecule has 0 bridgehead atoms. The Labute approximate surface area is 106 Å². The maximum atomic E-state index is 12.0. The van der Waals surface area contributed by atoms with Crippen molar-refractivity contribution in [2.45, 2.75) is 11.8 Å². The Kier molecular flexibility index (Phi) is 4.56. The van der Waals surface area contributed by atoms with Crippen molar-refractivity contribution >= 4 is 21.6 Å². The zero-order chi connectivity index (χ0) is 13.1. The molecule has 4 nitrogen and oxygen atoms in total. The van der Waals surface area contributed by atoms with Crippen molar-refractivity contribution in [2.75, 3.05) is 13.7 Å².